The number of para-hydroxylation sites is 3. The van der Waals surface area contributed by atoms with Gasteiger partial charge in [-0.05, 0) is 136 Å². The predicted octanol–water partition coefficient (Wildman–Crippen LogP) is 11.0. The summed E-state index contributed by atoms with van der Waals surface area (Å²) in [4.78, 5) is 4.83. The van der Waals surface area contributed by atoms with E-state index in [1.54, 1.807) is 0 Å². The minimum absolute atomic E-state index is 0. The van der Waals surface area contributed by atoms with E-state index in [0.717, 1.165) is 57.6 Å². The maximum atomic E-state index is 15.9. The molecule has 0 unspecified atom stereocenters. The van der Waals surface area contributed by atoms with Crippen molar-refractivity contribution in [3.05, 3.63) is 103 Å². The smallest absolute Gasteiger partial charge is 0.104 e. The summed E-state index contributed by atoms with van der Waals surface area (Å²) in [5, 5.41) is 4.94. The molecule has 8 saturated carbocycles. The molecule has 14 rings (SSSR count). The first-order chi connectivity index (χ1) is 24.0. The molecule has 5 heteroatoms. The SMILES string of the molecule is O=P(c1[c-]cccc1)(C12CC3CC(CC(C3)C1)C2)C12CC3CC(CC(C3)C1)C2.[Ir].[c-]1cccc2c1c1nc3ccccc3n1c1ccccc21. The van der Waals surface area contributed by atoms with Gasteiger partial charge in [-0.2, -0.15) is 30.3 Å². The molecule has 0 N–H and O–H groups in total. The number of nitrogens with zero attached hydrogens (tertiary/aromatic N) is 2. The van der Waals surface area contributed by atoms with Crippen LogP contribution in [0, 0.1) is 47.6 Å². The summed E-state index contributed by atoms with van der Waals surface area (Å²) in [6.07, 6.45) is 16.3. The maximum absolute atomic E-state index is 15.9. The molecule has 257 valence electrons. The van der Waals surface area contributed by atoms with Crippen molar-refractivity contribution in [2.75, 3.05) is 0 Å². The van der Waals surface area contributed by atoms with E-state index in [1.807, 2.05) is 18.2 Å². The van der Waals surface area contributed by atoms with Crippen molar-refractivity contribution in [2.24, 2.45) is 35.5 Å². The third-order valence-electron chi connectivity index (χ3n) is 14.5. The van der Waals surface area contributed by atoms with Crippen LogP contribution in [0.5, 0.6) is 0 Å². The minimum Gasteiger partial charge on any atom is -0.333 e. The zero-order chi connectivity index (χ0) is 32.4. The van der Waals surface area contributed by atoms with Gasteiger partial charge >= 0.3 is 0 Å². The van der Waals surface area contributed by atoms with Gasteiger partial charge in [-0.15, -0.1) is 35.0 Å². The quantitative estimate of drug-likeness (QED) is 0.101. The number of aromatic nitrogens is 2. The molecule has 3 nitrogen and oxygen atoms in total. The molecule has 0 spiro atoms. The molecule has 8 aliphatic rings. The van der Waals surface area contributed by atoms with Gasteiger partial charge in [0.15, 0.2) is 0 Å². The second-order valence-corrected chi connectivity index (χ2v) is 21.0. The first kappa shape index (κ1) is 31.9. The van der Waals surface area contributed by atoms with Gasteiger partial charge in [0.2, 0.25) is 0 Å². The average Bonchev–Trinajstić information content (AvgIpc) is 3.51. The van der Waals surface area contributed by atoms with Crippen molar-refractivity contribution in [3.63, 3.8) is 0 Å². The van der Waals surface area contributed by atoms with E-state index in [-0.39, 0.29) is 30.4 Å². The molecule has 1 radical (unpaired) electrons. The van der Waals surface area contributed by atoms with Crippen molar-refractivity contribution in [2.45, 2.75) is 87.4 Å². The number of pyridine rings is 1. The van der Waals surface area contributed by atoms with Crippen molar-refractivity contribution in [1.82, 2.24) is 9.38 Å². The second-order valence-electron chi connectivity index (χ2n) is 17.4. The van der Waals surface area contributed by atoms with Gasteiger partial charge in [-0.25, -0.2) is 0 Å². The van der Waals surface area contributed by atoms with Crippen LogP contribution in [0.2, 0.25) is 0 Å². The monoisotopic (exact) mass is 853 g/mol. The van der Waals surface area contributed by atoms with Crippen LogP contribution in [-0.2, 0) is 24.7 Å². The van der Waals surface area contributed by atoms with Gasteiger partial charge in [0.1, 0.15) is 7.14 Å². The number of hydrogen-bond donors (Lipinski definition) is 0. The Hall–Kier alpha value is -2.77. The zero-order valence-electron chi connectivity index (χ0n) is 28.7. The topological polar surface area (TPSA) is 34.4 Å². The van der Waals surface area contributed by atoms with E-state index in [9.17, 15) is 0 Å². The Bertz CT molecular complexity index is 2190. The molecule has 4 aromatic carbocycles. The second kappa shape index (κ2) is 11.6. The van der Waals surface area contributed by atoms with Gasteiger partial charge in [-0.3, -0.25) is 4.98 Å². The van der Waals surface area contributed by atoms with Crippen LogP contribution in [0.4, 0.5) is 0 Å². The van der Waals surface area contributed by atoms with Gasteiger partial charge < -0.3 is 8.97 Å². The van der Waals surface area contributed by atoms with Gasteiger partial charge in [0.05, 0.1) is 16.7 Å². The molecule has 50 heavy (non-hydrogen) atoms. The number of benzene rings is 4. The maximum Gasteiger partial charge on any atom is 0.104 e. The fourth-order valence-electron chi connectivity index (χ4n) is 13.7. The van der Waals surface area contributed by atoms with Crippen molar-refractivity contribution < 1.29 is 24.7 Å². The van der Waals surface area contributed by atoms with E-state index < -0.39 is 7.14 Å². The van der Waals surface area contributed by atoms with Crippen molar-refractivity contribution >= 4 is 50.8 Å². The minimum atomic E-state index is -2.53. The number of fused-ring (bicyclic) bond motifs is 8. The standard InChI is InChI=1S/C26H34OP.C19H11N2.Ir/c27-28(24-4-2-1-3-5-24,25-12-18-6-19(13-25)8-20(7-18)14-25)26-15-21-9-22(16-26)11-23(10-21)17-26;1-2-9-15-13(7-1)14-8-3-5-11-17(14)21-18-12-6-4-10-16(18)20-19(15)21;/h1-4,18-23H,6-17H2;1-8,10-12H;/q2*-1;. The molecule has 0 amide bonds. The van der Waals surface area contributed by atoms with E-state index in [1.165, 1.54) is 98.6 Å². The van der Waals surface area contributed by atoms with Crippen LogP contribution in [0.15, 0.2) is 91.0 Å². The van der Waals surface area contributed by atoms with Crippen LogP contribution in [-0.4, -0.2) is 19.7 Å². The largest absolute Gasteiger partial charge is 0.333 e. The molecule has 0 atom stereocenters. The first-order valence-corrected chi connectivity index (χ1v) is 20.9. The number of hydrogen-bond acceptors (Lipinski definition) is 2. The summed E-state index contributed by atoms with van der Waals surface area (Å²) >= 11 is 0. The molecule has 8 fully saturated rings. The summed E-state index contributed by atoms with van der Waals surface area (Å²) in [5.41, 5.74) is 4.33. The molecule has 2 heterocycles. The Morgan fingerprint density at radius 2 is 1.08 bits per heavy atom. The Kier molecular flexibility index (Phi) is 7.42. The Morgan fingerprint density at radius 1 is 0.580 bits per heavy atom. The summed E-state index contributed by atoms with van der Waals surface area (Å²) in [5.74, 6) is 5.23. The molecule has 6 aromatic rings. The summed E-state index contributed by atoms with van der Waals surface area (Å²) in [6, 6.07) is 38.4. The number of imidazole rings is 1. The number of rotatable bonds is 3. The van der Waals surface area contributed by atoms with E-state index in [0.29, 0.717) is 0 Å². The fourth-order valence-corrected chi connectivity index (χ4v) is 19.3. The summed E-state index contributed by atoms with van der Waals surface area (Å²) in [7, 11) is -2.53. The molecule has 2 aromatic heterocycles. The third-order valence-corrected chi connectivity index (χ3v) is 19.2. The average molecular weight is 853 g/mol. The summed E-state index contributed by atoms with van der Waals surface area (Å²) < 4.78 is 18.1. The summed E-state index contributed by atoms with van der Waals surface area (Å²) in [6.45, 7) is 0. The fraction of sp³-hybridized carbons (Fsp3) is 0.444. The van der Waals surface area contributed by atoms with E-state index >= 15 is 4.57 Å². The van der Waals surface area contributed by atoms with Crippen molar-refractivity contribution in [1.29, 1.82) is 0 Å². The van der Waals surface area contributed by atoms with E-state index in [2.05, 4.69) is 89.3 Å². The first-order valence-electron chi connectivity index (χ1n) is 19.2. The molecule has 0 aliphatic heterocycles. The van der Waals surface area contributed by atoms with Crippen LogP contribution < -0.4 is 5.30 Å². The van der Waals surface area contributed by atoms with E-state index in [4.69, 9.17) is 4.98 Å². The van der Waals surface area contributed by atoms with Crippen LogP contribution in [0.1, 0.15) is 77.0 Å². The third kappa shape index (κ3) is 4.50. The van der Waals surface area contributed by atoms with Gasteiger partial charge in [0.25, 0.3) is 0 Å². The van der Waals surface area contributed by atoms with Crippen LogP contribution >= 0.6 is 7.14 Å². The Labute approximate surface area is 309 Å². The van der Waals surface area contributed by atoms with Crippen LogP contribution in [0.3, 0.4) is 0 Å². The molecule has 8 aliphatic carbocycles. The Balaban J connectivity index is 0.000000129. The molecule has 8 bridgehead atoms. The Morgan fingerprint density at radius 3 is 1.66 bits per heavy atom. The van der Waals surface area contributed by atoms with Gasteiger partial charge in [-0.1, -0.05) is 35.7 Å². The van der Waals surface area contributed by atoms with Crippen molar-refractivity contribution in [3.8, 4) is 0 Å². The molecular weight excluding hydrogens is 808 g/mol. The molecular formula is C45H45IrN2OP-2. The van der Waals surface area contributed by atoms with Gasteiger partial charge in [0, 0.05) is 35.9 Å². The normalized spacial score (nSPS) is 34.5. The molecule has 0 saturated heterocycles. The zero-order valence-corrected chi connectivity index (χ0v) is 32.0. The predicted molar refractivity (Wildman–Crippen MR) is 201 cm³/mol. The van der Waals surface area contributed by atoms with Crippen LogP contribution in [0.25, 0.3) is 38.4 Å².